The second-order valence-corrected chi connectivity index (χ2v) is 10.7. The summed E-state index contributed by atoms with van der Waals surface area (Å²) in [6.45, 7) is 4.30. The first-order valence-corrected chi connectivity index (χ1v) is 13.7. The molecule has 15 heteroatoms. The van der Waals surface area contributed by atoms with E-state index in [-0.39, 0.29) is 29.8 Å². The number of amides is 2. The van der Waals surface area contributed by atoms with Gasteiger partial charge in [0.25, 0.3) is 0 Å². The summed E-state index contributed by atoms with van der Waals surface area (Å²) in [4.78, 5) is 42.9. The molecule has 0 radical (unpaired) electrons. The number of carbonyl (C=O) groups excluding carboxylic acids is 2. The molecular weight excluding hydrogens is 538 g/mol. The quantitative estimate of drug-likeness (QED) is 0.388. The summed E-state index contributed by atoms with van der Waals surface area (Å²) in [5, 5.41) is 9.99. The molecule has 2 aliphatic heterocycles. The Morgan fingerprint density at radius 2 is 2.05 bits per heavy atom. The predicted octanol–water partition coefficient (Wildman–Crippen LogP) is 1.73. The number of imidazole rings is 1. The van der Waals surface area contributed by atoms with Crippen LogP contribution in [-0.4, -0.2) is 98.0 Å². The number of alkyl halides is 2. The Kier molecular flexibility index (Phi) is 7.28. The van der Waals surface area contributed by atoms with E-state index in [0.29, 0.717) is 72.7 Å². The number of piperidine rings is 1. The van der Waals surface area contributed by atoms with Crippen molar-refractivity contribution in [2.45, 2.75) is 38.3 Å². The molecule has 1 aliphatic carbocycles. The molecule has 2 amide bonds. The zero-order chi connectivity index (χ0) is 28.6. The average Bonchev–Trinajstić information content (AvgIpc) is 3.66. The lowest BCUT2D eigenvalue weighted by Gasteiger charge is -2.54. The van der Waals surface area contributed by atoms with Crippen LogP contribution in [0.1, 0.15) is 32.2 Å². The first-order valence-electron chi connectivity index (χ1n) is 13.7. The third-order valence-corrected chi connectivity index (χ3v) is 8.26. The third-order valence-electron chi connectivity index (χ3n) is 8.26. The summed E-state index contributed by atoms with van der Waals surface area (Å²) in [6.07, 6.45) is 9.01. The van der Waals surface area contributed by atoms with E-state index in [2.05, 4.69) is 37.3 Å². The van der Waals surface area contributed by atoms with Crippen LogP contribution in [0.4, 0.5) is 20.5 Å². The summed E-state index contributed by atoms with van der Waals surface area (Å²) in [6, 6.07) is -0.0166. The van der Waals surface area contributed by atoms with E-state index in [1.165, 1.54) is 24.8 Å². The van der Waals surface area contributed by atoms with Gasteiger partial charge in [0.05, 0.1) is 37.8 Å². The van der Waals surface area contributed by atoms with E-state index < -0.39 is 6.55 Å². The average molecular weight is 571 g/mol. The summed E-state index contributed by atoms with van der Waals surface area (Å²) < 4.78 is 33.9. The molecule has 2 atom stereocenters. The highest BCUT2D eigenvalue weighted by Crippen LogP contribution is 2.47. The van der Waals surface area contributed by atoms with Gasteiger partial charge in [0.15, 0.2) is 17.0 Å². The lowest BCUT2D eigenvalue weighted by Crippen LogP contribution is -2.62. The molecule has 3 aliphatic rings. The lowest BCUT2D eigenvalue weighted by molar-refractivity contribution is -0.134. The van der Waals surface area contributed by atoms with Crippen molar-refractivity contribution in [1.82, 2.24) is 39.5 Å². The molecule has 2 N–H and O–H groups in total. The van der Waals surface area contributed by atoms with Gasteiger partial charge in [-0.3, -0.25) is 14.2 Å². The van der Waals surface area contributed by atoms with E-state index in [0.717, 1.165) is 25.7 Å². The highest BCUT2D eigenvalue weighted by molar-refractivity contribution is 5.89. The number of nitrogens with zero attached hydrogens (tertiary/aromatic N) is 8. The van der Waals surface area contributed by atoms with Crippen LogP contribution in [0, 0.1) is 5.41 Å². The Balaban J connectivity index is 1.21. The number of ether oxygens (including phenoxy) is 1. The zero-order valence-electron chi connectivity index (χ0n) is 22.5. The van der Waals surface area contributed by atoms with E-state index in [1.54, 1.807) is 4.57 Å². The maximum absolute atomic E-state index is 13.2. The molecule has 1 saturated carbocycles. The Bertz CT molecular complexity index is 1450. The van der Waals surface area contributed by atoms with Crippen LogP contribution in [-0.2, 0) is 14.3 Å². The molecule has 0 aromatic carbocycles. The summed E-state index contributed by atoms with van der Waals surface area (Å²) in [7, 11) is 0. The largest absolute Gasteiger partial charge is 0.378 e. The minimum absolute atomic E-state index is 0.0166. The van der Waals surface area contributed by atoms with Crippen molar-refractivity contribution in [1.29, 1.82) is 0 Å². The monoisotopic (exact) mass is 570 g/mol. The molecule has 0 unspecified atom stereocenters. The normalized spacial score (nSPS) is 22.7. The number of hydrogen-bond donors (Lipinski definition) is 2. The van der Waals surface area contributed by atoms with Crippen LogP contribution < -0.4 is 15.5 Å². The number of hydrogen-bond acceptors (Lipinski definition) is 9. The maximum Gasteiger partial charge on any atom is 0.333 e. The molecular formula is C26H32F2N10O3. The number of aromatic nitrogens is 6. The summed E-state index contributed by atoms with van der Waals surface area (Å²) in [5.41, 5.74) is 1.05. The van der Waals surface area contributed by atoms with Crippen LogP contribution in [0.15, 0.2) is 31.4 Å². The SMILES string of the molecule is C=CC(=O)N1CCC[C@@]2(CC[C@H]2NC(=O)CNc2nc(N3CCOCC3)nc3c2ncn3-c2cnn(C(F)F)c2)C1. The number of likely N-dealkylation sites (tertiary alicyclic amines) is 1. The molecule has 218 valence electrons. The van der Waals surface area contributed by atoms with Gasteiger partial charge in [-0.2, -0.15) is 23.8 Å². The first-order chi connectivity index (χ1) is 19.9. The van der Waals surface area contributed by atoms with Crippen LogP contribution in [0.5, 0.6) is 0 Å². The Labute approximate surface area is 234 Å². The Morgan fingerprint density at radius 1 is 1.22 bits per heavy atom. The smallest absolute Gasteiger partial charge is 0.333 e. The van der Waals surface area contributed by atoms with E-state index in [9.17, 15) is 18.4 Å². The Morgan fingerprint density at radius 3 is 2.76 bits per heavy atom. The second kappa shape index (κ2) is 11.0. The van der Waals surface area contributed by atoms with Gasteiger partial charge < -0.3 is 25.2 Å². The molecule has 2 saturated heterocycles. The fraction of sp³-hybridized carbons (Fsp3) is 0.538. The van der Waals surface area contributed by atoms with Gasteiger partial charge in [0.1, 0.15) is 6.33 Å². The van der Waals surface area contributed by atoms with Gasteiger partial charge >= 0.3 is 6.55 Å². The Hall–Kier alpha value is -4.14. The van der Waals surface area contributed by atoms with Crippen LogP contribution >= 0.6 is 0 Å². The second-order valence-electron chi connectivity index (χ2n) is 10.7. The molecule has 3 fully saturated rings. The number of anilines is 2. The van der Waals surface area contributed by atoms with Gasteiger partial charge in [0, 0.05) is 37.6 Å². The van der Waals surface area contributed by atoms with E-state index in [1.807, 2.05) is 9.80 Å². The third kappa shape index (κ3) is 5.21. The topological polar surface area (TPSA) is 135 Å². The first kappa shape index (κ1) is 27.1. The molecule has 1 spiro atoms. The zero-order valence-corrected chi connectivity index (χ0v) is 22.5. The maximum atomic E-state index is 13.2. The summed E-state index contributed by atoms with van der Waals surface area (Å²) in [5.74, 6) is 0.500. The standard InChI is InChI=1S/C26H32F2N10O3/c1-2-20(40)36-7-3-5-26(15-36)6-4-18(26)32-19(39)13-29-22-21-23(34-25(33-22)35-8-10-41-11-9-35)37(16-30-21)17-12-31-38(14-17)24(27)28/h2,12,14,16,18,24H,1,3-11,13,15H2,(H,32,39)(H,29,33,34)/t18-,26-/m1/s1. The van der Waals surface area contributed by atoms with E-state index >= 15 is 0 Å². The molecule has 3 aromatic heterocycles. The van der Waals surface area contributed by atoms with Crippen molar-refractivity contribution in [3.8, 4) is 5.69 Å². The van der Waals surface area contributed by atoms with Crippen molar-refractivity contribution in [3.05, 3.63) is 31.4 Å². The van der Waals surface area contributed by atoms with E-state index in [4.69, 9.17) is 4.74 Å². The lowest BCUT2D eigenvalue weighted by atomic mass is 9.60. The number of carbonyl (C=O) groups is 2. The molecule has 13 nitrogen and oxygen atoms in total. The van der Waals surface area contributed by atoms with Crippen molar-refractivity contribution in [2.75, 3.05) is 56.2 Å². The molecule has 41 heavy (non-hydrogen) atoms. The number of halogens is 2. The van der Waals surface area contributed by atoms with Crippen molar-refractivity contribution < 1.29 is 23.1 Å². The van der Waals surface area contributed by atoms with Crippen molar-refractivity contribution >= 4 is 34.7 Å². The van der Waals surface area contributed by atoms with Gasteiger partial charge in [-0.25, -0.2) is 9.67 Å². The fourth-order valence-electron chi connectivity index (χ4n) is 5.96. The molecule has 6 rings (SSSR count). The van der Waals surface area contributed by atoms with Gasteiger partial charge in [-0.05, 0) is 31.8 Å². The molecule has 0 bridgehead atoms. The van der Waals surface area contributed by atoms with Crippen molar-refractivity contribution in [3.63, 3.8) is 0 Å². The number of nitrogens with one attached hydrogen (secondary N) is 2. The van der Waals surface area contributed by atoms with Crippen LogP contribution in [0.2, 0.25) is 0 Å². The predicted molar refractivity (Wildman–Crippen MR) is 145 cm³/mol. The van der Waals surface area contributed by atoms with Crippen LogP contribution in [0.25, 0.3) is 16.9 Å². The van der Waals surface area contributed by atoms with Crippen LogP contribution in [0.3, 0.4) is 0 Å². The number of rotatable bonds is 8. The minimum atomic E-state index is -2.78. The van der Waals surface area contributed by atoms with Gasteiger partial charge in [-0.15, -0.1) is 0 Å². The molecule has 5 heterocycles. The fourth-order valence-corrected chi connectivity index (χ4v) is 5.96. The highest BCUT2D eigenvalue weighted by Gasteiger charge is 2.50. The van der Waals surface area contributed by atoms with Gasteiger partial charge in [0.2, 0.25) is 17.8 Å². The number of morpholine rings is 1. The van der Waals surface area contributed by atoms with Gasteiger partial charge in [-0.1, -0.05) is 6.58 Å². The number of fused-ring (bicyclic) bond motifs is 1. The highest BCUT2D eigenvalue weighted by atomic mass is 19.3. The molecule has 3 aromatic rings. The van der Waals surface area contributed by atoms with Crippen molar-refractivity contribution in [2.24, 2.45) is 5.41 Å². The summed E-state index contributed by atoms with van der Waals surface area (Å²) >= 11 is 0. The minimum Gasteiger partial charge on any atom is -0.378 e.